The minimum absolute atomic E-state index is 0.576. The quantitative estimate of drug-likeness (QED) is 0.839. The second-order valence-corrected chi connectivity index (χ2v) is 3.98. The van der Waals surface area contributed by atoms with Crippen molar-refractivity contribution in [1.82, 2.24) is 5.32 Å². The van der Waals surface area contributed by atoms with Crippen molar-refractivity contribution in [2.45, 2.75) is 19.1 Å². The Hall–Kier alpha value is -1.39. The smallest absolute Gasteiger partial charge is 0.134 e. The van der Waals surface area contributed by atoms with Gasteiger partial charge in [0.2, 0.25) is 0 Å². The van der Waals surface area contributed by atoms with Crippen molar-refractivity contribution in [3.8, 4) is 0 Å². The van der Waals surface area contributed by atoms with Gasteiger partial charge in [-0.2, -0.15) is 0 Å². The van der Waals surface area contributed by atoms with Crippen LogP contribution in [0.4, 0.5) is 4.39 Å². The maximum Gasteiger partial charge on any atom is 0.134 e. The fraction of sp³-hybridized carbons (Fsp3) is 0.385. The molecule has 0 bridgehead atoms. The third kappa shape index (κ3) is 2.48. The predicted octanol–water partition coefficient (Wildman–Crippen LogP) is 2.41. The van der Waals surface area contributed by atoms with Gasteiger partial charge in [-0.05, 0) is 24.2 Å². The summed E-state index contributed by atoms with van der Waals surface area (Å²) in [5.74, 6) is 0. The molecule has 92 valence electrons. The maximum atomic E-state index is 12.8. The molecule has 0 aliphatic heterocycles. The number of alkyl halides is 1. The fourth-order valence-electron chi connectivity index (χ4n) is 1.90. The van der Waals surface area contributed by atoms with Crippen LogP contribution in [0.15, 0.2) is 34.9 Å². The van der Waals surface area contributed by atoms with Gasteiger partial charge in [0.05, 0.1) is 18.4 Å². The Morgan fingerprint density at radius 3 is 2.94 bits per heavy atom. The summed E-state index contributed by atoms with van der Waals surface area (Å²) in [7, 11) is 0. The summed E-state index contributed by atoms with van der Waals surface area (Å²) in [5, 5.41) is 14.0. The number of benzene rings is 1. The van der Waals surface area contributed by atoms with Crippen LogP contribution in [0, 0.1) is 0 Å². The zero-order valence-electron chi connectivity index (χ0n) is 9.69. The van der Waals surface area contributed by atoms with Crippen molar-refractivity contribution in [2.75, 3.05) is 13.2 Å². The topological polar surface area (TPSA) is 45.4 Å². The monoisotopic (exact) mass is 237 g/mol. The molecule has 2 aromatic rings. The van der Waals surface area contributed by atoms with Crippen molar-refractivity contribution < 1.29 is 13.9 Å². The number of halogens is 1. The molecule has 2 rings (SSSR count). The average molecular weight is 237 g/mol. The standard InChI is InChI=1S/C13H16FNO2/c1-2-15-11(8-14)13(16)10-4-3-9-5-6-17-12(9)7-10/h3-7,11,13,15-16H,2,8H2,1H3. The van der Waals surface area contributed by atoms with E-state index in [4.69, 9.17) is 4.42 Å². The predicted molar refractivity (Wildman–Crippen MR) is 64.6 cm³/mol. The van der Waals surface area contributed by atoms with E-state index >= 15 is 0 Å². The Morgan fingerprint density at radius 1 is 1.41 bits per heavy atom. The molecule has 3 nitrogen and oxygen atoms in total. The number of hydrogen-bond donors (Lipinski definition) is 2. The third-order valence-corrected chi connectivity index (χ3v) is 2.84. The lowest BCUT2D eigenvalue weighted by Gasteiger charge is -2.21. The molecule has 2 atom stereocenters. The first-order valence-corrected chi connectivity index (χ1v) is 5.70. The van der Waals surface area contributed by atoms with Gasteiger partial charge in [0.1, 0.15) is 12.3 Å². The molecule has 0 aliphatic rings. The molecule has 0 saturated carbocycles. The molecule has 0 saturated heterocycles. The Bertz CT molecular complexity index is 483. The van der Waals surface area contributed by atoms with Gasteiger partial charge in [0.15, 0.2) is 0 Å². The van der Waals surface area contributed by atoms with Gasteiger partial charge in [-0.25, -0.2) is 4.39 Å². The van der Waals surface area contributed by atoms with Crippen LogP contribution in [0.1, 0.15) is 18.6 Å². The molecule has 17 heavy (non-hydrogen) atoms. The Balaban J connectivity index is 2.24. The van der Waals surface area contributed by atoms with Gasteiger partial charge >= 0.3 is 0 Å². The van der Waals surface area contributed by atoms with Crippen LogP contribution >= 0.6 is 0 Å². The van der Waals surface area contributed by atoms with Gasteiger partial charge in [0.25, 0.3) is 0 Å². The van der Waals surface area contributed by atoms with Crippen molar-refractivity contribution >= 4 is 11.0 Å². The van der Waals surface area contributed by atoms with E-state index in [1.807, 2.05) is 19.1 Å². The molecular formula is C13H16FNO2. The molecule has 0 fully saturated rings. The number of nitrogens with one attached hydrogen (secondary N) is 1. The molecular weight excluding hydrogens is 221 g/mol. The first kappa shape index (κ1) is 12.1. The van der Waals surface area contributed by atoms with Crippen LogP contribution in [0.5, 0.6) is 0 Å². The number of likely N-dealkylation sites (N-methyl/N-ethyl adjacent to an activating group) is 1. The zero-order valence-corrected chi connectivity index (χ0v) is 9.69. The van der Waals surface area contributed by atoms with Gasteiger partial charge < -0.3 is 14.8 Å². The summed E-state index contributed by atoms with van der Waals surface area (Å²) in [6, 6.07) is 6.68. The second kappa shape index (κ2) is 5.29. The summed E-state index contributed by atoms with van der Waals surface area (Å²) in [6.45, 7) is 1.89. The number of aliphatic hydroxyl groups is 1. The molecule has 0 radical (unpaired) electrons. The van der Waals surface area contributed by atoms with Crippen LogP contribution in [-0.2, 0) is 0 Å². The first-order chi connectivity index (χ1) is 8.26. The number of aliphatic hydroxyl groups excluding tert-OH is 1. The lowest BCUT2D eigenvalue weighted by Crippen LogP contribution is -2.36. The molecule has 0 aliphatic carbocycles. The lowest BCUT2D eigenvalue weighted by molar-refractivity contribution is 0.114. The average Bonchev–Trinajstić information content (AvgIpc) is 2.82. The van der Waals surface area contributed by atoms with Crippen LogP contribution in [0.3, 0.4) is 0 Å². The molecule has 0 spiro atoms. The Morgan fingerprint density at radius 2 is 2.24 bits per heavy atom. The summed E-state index contributed by atoms with van der Waals surface area (Å²) in [6.07, 6.45) is 0.729. The molecule has 1 aromatic carbocycles. The van der Waals surface area contributed by atoms with Crippen LogP contribution in [0.25, 0.3) is 11.0 Å². The van der Waals surface area contributed by atoms with Gasteiger partial charge in [-0.1, -0.05) is 19.1 Å². The van der Waals surface area contributed by atoms with E-state index in [1.165, 1.54) is 0 Å². The Labute approximate surface area is 99.2 Å². The molecule has 0 amide bonds. The summed E-state index contributed by atoms with van der Waals surface area (Å²) >= 11 is 0. The van der Waals surface area contributed by atoms with Gasteiger partial charge in [-0.15, -0.1) is 0 Å². The minimum Gasteiger partial charge on any atom is -0.464 e. The number of furan rings is 1. The van der Waals surface area contributed by atoms with E-state index in [1.54, 1.807) is 18.4 Å². The van der Waals surface area contributed by atoms with E-state index < -0.39 is 18.8 Å². The first-order valence-electron chi connectivity index (χ1n) is 5.70. The second-order valence-electron chi connectivity index (χ2n) is 3.98. The number of rotatable bonds is 5. The summed E-state index contributed by atoms with van der Waals surface area (Å²) in [4.78, 5) is 0. The Kier molecular flexibility index (Phi) is 3.76. The van der Waals surface area contributed by atoms with Crippen LogP contribution in [0.2, 0.25) is 0 Å². The number of hydrogen-bond acceptors (Lipinski definition) is 3. The highest BCUT2D eigenvalue weighted by Gasteiger charge is 2.20. The van der Waals surface area contributed by atoms with E-state index in [9.17, 15) is 9.50 Å². The maximum absolute atomic E-state index is 12.8. The van der Waals surface area contributed by atoms with Crippen molar-refractivity contribution in [2.24, 2.45) is 0 Å². The molecule has 2 unspecified atom stereocenters. The highest BCUT2D eigenvalue weighted by atomic mass is 19.1. The van der Waals surface area contributed by atoms with E-state index in [0.717, 1.165) is 5.39 Å². The largest absolute Gasteiger partial charge is 0.464 e. The highest BCUT2D eigenvalue weighted by Crippen LogP contribution is 2.23. The number of fused-ring (bicyclic) bond motifs is 1. The zero-order chi connectivity index (χ0) is 12.3. The molecule has 4 heteroatoms. The van der Waals surface area contributed by atoms with Gasteiger partial charge in [-0.3, -0.25) is 0 Å². The van der Waals surface area contributed by atoms with Crippen molar-refractivity contribution in [3.05, 3.63) is 36.1 Å². The SMILES string of the molecule is CCNC(CF)C(O)c1ccc2ccoc2c1. The summed E-state index contributed by atoms with van der Waals surface area (Å²) < 4.78 is 18.0. The summed E-state index contributed by atoms with van der Waals surface area (Å²) in [5.41, 5.74) is 1.37. The van der Waals surface area contributed by atoms with E-state index in [-0.39, 0.29) is 0 Å². The third-order valence-electron chi connectivity index (χ3n) is 2.84. The normalized spacial score (nSPS) is 15.0. The van der Waals surface area contributed by atoms with Crippen LogP contribution in [-0.4, -0.2) is 24.4 Å². The fourth-order valence-corrected chi connectivity index (χ4v) is 1.90. The molecule has 1 aromatic heterocycles. The minimum atomic E-state index is -0.866. The highest BCUT2D eigenvalue weighted by molar-refractivity contribution is 5.77. The lowest BCUT2D eigenvalue weighted by atomic mass is 10.0. The van der Waals surface area contributed by atoms with E-state index in [2.05, 4.69) is 5.32 Å². The molecule has 2 N–H and O–H groups in total. The van der Waals surface area contributed by atoms with Crippen molar-refractivity contribution in [1.29, 1.82) is 0 Å². The molecule has 1 heterocycles. The van der Waals surface area contributed by atoms with Gasteiger partial charge in [0, 0.05) is 5.39 Å². The van der Waals surface area contributed by atoms with E-state index in [0.29, 0.717) is 17.7 Å². The van der Waals surface area contributed by atoms with Crippen molar-refractivity contribution in [3.63, 3.8) is 0 Å². The van der Waals surface area contributed by atoms with Crippen LogP contribution < -0.4 is 5.32 Å².